The molecule has 0 bridgehead atoms. The number of rotatable bonds is 6. The van der Waals surface area contributed by atoms with Crippen LogP contribution in [0.2, 0.25) is 0 Å². The molecule has 3 amide bonds. The number of carbonyl (C=O) groups excluding carboxylic acids is 3. The first-order valence-corrected chi connectivity index (χ1v) is 10.1. The molecule has 3 rings (SSSR count). The molecule has 8 heteroatoms. The molecule has 2 aromatic rings. The maximum absolute atomic E-state index is 12.5. The third-order valence-electron chi connectivity index (χ3n) is 5.09. The van der Waals surface area contributed by atoms with Gasteiger partial charge in [-0.25, -0.2) is 4.98 Å². The second kappa shape index (κ2) is 9.39. The van der Waals surface area contributed by atoms with Crippen LogP contribution in [-0.4, -0.2) is 35.8 Å². The Labute approximate surface area is 175 Å². The largest absolute Gasteiger partial charge is 0.369 e. The molecule has 1 unspecified atom stereocenters. The number of hydrogen-bond acceptors (Lipinski definition) is 5. The van der Waals surface area contributed by atoms with Gasteiger partial charge in [-0.3, -0.25) is 14.4 Å². The number of nitrogens with zero attached hydrogens (tertiary/aromatic N) is 2. The Kier molecular flexibility index (Phi) is 6.66. The highest BCUT2D eigenvalue weighted by Crippen LogP contribution is 2.22. The zero-order chi connectivity index (χ0) is 21.7. The maximum atomic E-state index is 12.5. The number of nitrogens with one attached hydrogen (secondary N) is 2. The average molecular weight is 409 g/mol. The summed E-state index contributed by atoms with van der Waals surface area (Å²) in [4.78, 5) is 42.1. The molecule has 1 aromatic carbocycles. The standard InChI is InChI=1S/C22H27N5O3/c1-14(2)21(29)25-17-7-5-15(6-8-17)22(30)26-18-9-10-19(24-12-18)27-11-3-4-16(13-27)20(23)28/h5-10,12,14,16H,3-4,11,13H2,1-2H3,(H2,23,28)(H,25,29)(H,26,30). The number of carbonyl (C=O) groups is 3. The highest BCUT2D eigenvalue weighted by atomic mass is 16.2. The van der Waals surface area contributed by atoms with Gasteiger partial charge in [-0.15, -0.1) is 0 Å². The minimum absolute atomic E-state index is 0.0748. The summed E-state index contributed by atoms with van der Waals surface area (Å²) < 4.78 is 0. The molecule has 1 fully saturated rings. The summed E-state index contributed by atoms with van der Waals surface area (Å²) in [6, 6.07) is 10.3. The Morgan fingerprint density at radius 1 is 1.07 bits per heavy atom. The lowest BCUT2D eigenvalue weighted by molar-refractivity contribution is -0.122. The fourth-order valence-electron chi connectivity index (χ4n) is 3.26. The van der Waals surface area contributed by atoms with Crippen LogP contribution in [-0.2, 0) is 9.59 Å². The van der Waals surface area contributed by atoms with E-state index in [9.17, 15) is 14.4 Å². The minimum atomic E-state index is -0.279. The normalized spacial score (nSPS) is 16.2. The fourth-order valence-corrected chi connectivity index (χ4v) is 3.26. The molecule has 1 aliphatic heterocycles. The van der Waals surface area contributed by atoms with Gasteiger partial charge in [-0.2, -0.15) is 0 Å². The van der Waals surface area contributed by atoms with Gasteiger partial charge in [-0.05, 0) is 49.2 Å². The number of primary amides is 1. The molecule has 2 heterocycles. The van der Waals surface area contributed by atoms with Crippen molar-refractivity contribution in [3.63, 3.8) is 0 Å². The highest BCUT2D eigenvalue weighted by Gasteiger charge is 2.24. The molecule has 1 aliphatic rings. The summed E-state index contributed by atoms with van der Waals surface area (Å²) >= 11 is 0. The predicted octanol–water partition coefficient (Wildman–Crippen LogP) is 2.63. The number of amides is 3. The summed E-state index contributed by atoms with van der Waals surface area (Å²) in [6.07, 6.45) is 3.29. The molecular weight excluding hydrogens is 382 g/mol. The highest BCUT2D eigenvalue weighted by molar-refractivity contribution is 6.04. The molecule has 158 valence electrons. The van der Waals surface area contributed by atoms with E-state index in [2.05, 4.69) is 15.6 Å². The molecular formula is C22H27N5O3. The van der Waals surface area contributed by atoms with Crippen molar-refractivity contribution in [3.8, 4) is 0 Å². The fraction of sp³-hybridized carbons (Fsp3) is 0.364. The van der Waals surface area contributed by atoms with Crippen LogP contribution in [0.4, 0.5) is 17.2 Å². The smallest absolute Gasteiger partial charge is 0.255 e. The Morgan fingerprint density at radius 2 is 1.77 bits per heavy atom. The van der Waals surface area contributed by atoms with Gasteiger partial charge >= 0.3 is 0 Å². The third kappa shape index (κ3) is 5.34. The van der Waals surface area contributed by atoms with E-state index in [4.69, 9.17) is 5.73 Å². The quantitative estimate of drug-likeness (QED) is 0.678. The van der Waals surface area contributed by atoms with E-state index in [0.29, 0.717) is 23.5 Å². The van der Waals surface area contributed by atoms with Crippen molar-refractivity contribution in [2.24, 2.45) is 17.6 Å². The monoisotopic (exact) mass is 409 g/mol. The average Bonchev–Trinajstić information content (AvgIpc) is 2.74. The molecule has 0 aliphatic carbocycles. The number of hydrogen-bond donors (Lipinski definition) is 3. The summed E-state index contributed by atoms with van der Waals surface area (Å²) in [7, 11) is 0. The topological polar surface area (TPSA) is 117 Å². The molecule has 30 heavy (non-hydrogen) atoms. The third-order valence-corrected chi connectivity index (χ3v) is 5.09. The van der Waals surface area contributed by atoms with Crippen LogP contribution >= 0.6 is 0 Å². The van der Waals surface area contributed by atoms with Crippen LogP contribution in [0.15, 0.2) is 42.6 Å². The first-order chi connectivity index (χ1) is 14.3. The Morgan fingerprint density at radius 3 is 2.37 bits per heavy atom. The van der Waals surface area contributed by atoms with Crippen molar-refractivity contribution in [1.29, 1.82) is 0 Å². The van der Waals surface area contributed by atoms with Crippen LogP contribution in [0, 0.1) is 11.8 Å². The van der Waals surface area contributed by atoms with Gasteiger partial charge in [0.15, 0.2) is 0 Å². The Bertz CT molecular complexity index is 909. The summed E-state index contributed by atoms with van der Waals surface area (Å²) in [6.45, 7) is 5.02. The molecule has 1 atom stereocenters. The minimum Gasteiger partial charge on any atom is -0.369 e. The van der Waals surface area contributed by atoms with E-state index in [0.717, 1.165) is 25.2 Å². The molecule has 8 nitrogen and oxygen atoms in total. The van der Waals surface area contributed by atoms with Gasteiger partial charge in [0.25, 0.3) is 5.91 Å². The van der Waals surface area contributed by atoms with E-state index >= 15 is 0 Å². The second-order valence-corrected chi connectivity index (χ2v) is 7.77. The summed E-state index contributed by atoms with van der Waals surface area (Å²) in [5.74, 6) is -0.141. The predicted molar refractivity (Wildman–Crippen MR) is 116 cm³/mol. The van der Waals surface area contributed by atoms with Crippen molar-refractivity contribution in [2.45, 2.75) is 26.7 Å². The number of benzene rings is 1. The van der Waals surface area contributed by atoms with Gasteiger partial charge in [0, 0.05) is 30.3 Å². The number of anilines is 3. The zero-order valence-corrected chi connectivity index (χ0v) is 17.2. The van der Waals surface area contributed by atoms with Gasteiger partial charge < -0.3 is 21.3 Å². The van der Waals surface area contributed by atoms with Crippen LogP contribution in [0.3, 0.4) is 0 Å². The SMILES string of the molecule is CC(C)C(=O)Nc1ccc(C(=O)Nc2ccc(N3CCCC(C(N)=O)C3)nc2)cc1. The van der Waals surface area contributed by atoms with E-state index in [1.807, 2.05) is 24.8 Å². The Hall–Kier alpha value is -3.42. The van der Waals surface area contributed by atoms with Crippen molar-refractivity contribution in [3.05, 3.63) is 48.2 Å². The van der Waals surface area contributed by atoms with Gasteiger partial charge in [0.1, 0.15) is 5.82 Å². The molecule has 1 aromatic heterocycles. The van der Waals surface area contributed by atoms with Crippen molar-refractivity contribution >= 4 is 34.9 Å². The van der Waals surface area contributed by atoms with Crippen LogP contribution in [0.25, 0.3) is 0 Å². The molecule has 4 N–H and O–H groups in total. The van der Waals surface area contributed by atoms with Crippen molar-refractivity contribution in [2.75, 3.05) is 28.6 Å². The molecule has 0 saturated carbocycles. The lowest BCUT2D eigenvalue weighted by atomic mass is 9.97. The van der Waals surface area contributed by atoms with Crippen LogP contribution < -0.4 is 21.3 Å². The lowest BCUT2D eigenvalue weighted by Gasteiger charge is -2.32. The van der Waals surface area contributed by atoms with E-state index in [1.54, 1.807) is 36.5 Å². The van der Waals surface area contributed by atoms with E-state index < -0.39 is 0 Å². The summed E-state index contributed by atoms with van der Waals surface area (Å²) in [5, 5.41) is 5.60. The number of pyridine rings is 1. The summed E-state index contributed by atoms with van der Waals surface area (Å²) in [5.41, 5.74) is 7.13. The number of nitrogens with two attached hydrogens (primary N) is 1. The number of piperidine rings is 1. The Balaban J connectivity index is 1.59. The first kappa shape index (κ1) is 21.3. The van der Waals surface area contributed by atoms with E-state index in [-0.39, 0.29) is 29.6 Å². The van der Waals surface area contributed by atoms with Gasteiger partial charge in [-0.1, -0.05) is 13.8 Å². The van der Waals surface area contributed by atoms with Crippen molar-refractivity contribution < 1.29 is 14.4 Å². The van der Waals surface area contributed by atoms with Crippen LogP contribution in [0.5, 0.6) is 0 Å². The lowest BCUT2D eigenvalue weighted by Crippen LogP contribution is -2.41. The number of aromatic nitrogens is 1. The second-order valence-electron chi connectivity index (χ2n) is 7.77. The zero-order valence-electron chi connectivity index (χ0n) is 17.2. The van der Waals surface area contributed by atoms with Gasteiger partial charge in [0.05, 0.1) is 17.8 Å². The van der Waals surface area contributed by atoms with E-state index in [1.165, 1.54) is 0 Å². The molecule has 1 saturated heterocycles. The first-order valence-electron chi connectivity index (χ1n) is 10.1. The molecule has 0 spiro atoms. The van der Waals surface area contributed by atoms with Crippen molar-refractivity contribution in [1.82, 2.24) is 4.98 Å². The molecule has 0 radical (unpaired) electrons. The van der Waals surface area contributed by atoms with Gasteiger partial charge in [0.2, 0.25) is 11.8 Å². The maximum Gasteiger partial charge on any atom is 0.255 e. The van der Waals surface area contributed by atoms with Crippen LogP contribution in [0.1, 0.15) is 37.0 Å².